The van der Waals surface area contributed by atoms with Gasteiger partial charge < -0.3 is 15.2 Å². The maximum atomic E-state index is 12.2. The molecule has 0 aliphatic heterocycles. The first-order valence-electron chi connectivity index (χ1n) is 7.10. The zero-order valence-electron chi connectivity index (χ0n) is 13.5. The van der Waals surface area contributed by atoms with E-state index in [2.05, 4.69) is 10.4 Å². The smallest absolute Gasteiger partial charge is 0.339 e. The van der Waals surface area contributed by atoms with E-state index in [0.717, 1.165) is 5.69 Å². The molecule has 1 heterocycles. The van der Waals surface area contributed by atoms with Crippen LogP contribution in [-0.2, 0) is 16.6 Å². The number of phenols is 1. The van der Waals surface area contributed by atoms with Crippen LogP contribution in [0.5, 0.6) is 5.75 Å². The van der Waals surface area contributed by atoms with Gasteiger partial charge in [0.05, 0.1) is 22.6 Å². The van der Waals surface area contributed by atoms with E-state index in [4.69, 9.17) is 4.74 Å². The highest BCUT2D eigenvalue weighted by molar-refractivity contribution is 5.98. The maximum Gasteiger partial charge on any atom is 0.339 e. The molecular formula is C16H19N3O4. The average molecular weight is 317 g/mol. The van der Waals surface area contributed by atoms with Gasteiger partial charge in [-0.3, -0.25) is 9.48 Å². The molecule has 23 heavy (non-hydrogen) atoms. The minimum atomic E-state index is -0.983. The van der Waals surface area contributed by atoms with Crippen LogP contribution in [-0.4, -0.2) is 32.9 Å². The van der Waals surface area contributed by atoms with E-state index in [-0.39, 0.29) is 11.3 Å². The minimum absolute atomic E-state index is 0.0434. The summed E-state index contributed by atoms with van der Waals surface area (Å²) in [5.41, 5.74) is 2.28. The summed E-state index contributed by atoms with van der Waals surface area (Å²) in [5.74, 6) is -1.17. The van der Waals surface area contributed by atoms with Crippen LogP contribution >= 0.6 is 0 Å². The molecule has 1 aromatic carbocycles. The number of anilines is 1. The molecular weight excluding hydrogens is 298 g/mol. The Morgan fingerprint density at radius 2 is 2.04 bits per heavy atom. The Bertz CT molecular complexity index is 752. The van der Waals surface area contributed by atoms with Crippen LogP contribution in [0.2, 0.25) is 0 Å². The lowest BCUT2D eigenvalue weighted by molar-refractivity contribution is -0.123. The van der Waals surface area contributed by atoms with Gasteiger partial charge >= 0.3 is 5.97 Å². The van der Waals surface area contributed by atoms with Gasteiger partial charge in [0.25, 0.3) is 5.91 Å². The molecule has 1 atom stereocenters. The molecule has 7 heteroatoms. The molecule has 7 nitrogen and oxygen atoms in total. The van der Waals surface area contributed by atoms with Crippen LogP contribution in [0.4, 0.5) is 5.69 Å². The van der Waals surface area contributed by atoms with Gasteiger partial charge in [-0.2, -0.15) is 5.10 Å². The number of nitrogens with zero attached hydrogens (tertiary/aromatic N) is 2. The summed E-state index contributed by atoms with van der Waals surface area (Å²) in [5, 5.41) is 16.3. The highest BCUT2D eigenvalue weighted by Gasteiger charge is 2.21. The van der Waals surface area contributed by atoms with Crippen molar-refractivity contribution in [1.82, 2.24) is 9.78 Å². The predicted octanol–water partition coefficient (Wildman–Crippen LogP) is 1.93. The van der Waals surface area contributed by atoms with Crippen molar-refractivity contribution in [2.45, 2.75) is 26.9 Å². The van der Waals surface area contributed by atoms with E-state index in [1.807, 2.05) is 6.92 Å². The van der Waals surface area contributed by atoms with E-state index >= 15 is 0 Å². The van der Waals surface area contributed by atoms with Gasteiger partial charge in [0, 0.05) is 7.05 Å². The number of esters is 1. The molecule has 2 aromatic rings. The fourth-order valence-electron chi connectivity index (χ4n) is 2.09. The van der Waals surface area contributed by atoms with Crippen molar-refractivity contribution in [1.29, 1.82) is 0 Å². The first kappa shape index (κ1) is 16.5. The number of hydrogen-bond donors (Lipinski definition) is 2. The molecule has 0 saturated heterocycles. The topological polar surface area (TPSA) is 93.5 Å². The molecule has 1 aromatic heterocycles. The van der Waals surface area contributed by atoms with Gasteiger partial charge in [0.1, 0.15) is 5.75 Å². The number of aryl methyl sites for hydroxylation is 2. The van der Waals surface area contributed by atoms with Crippen molar-refractivity contribution < 1.29 is 19.4 Å². The molecule has 0 fully saturated rings. The summed E-state index contributed by atoms with van der Waals surface area (Å²) in [6, 6.07) is 5.75. The highest BCUT2D eigenvalue weighted by atomic mass is 16.5. The summed E-state index contributed by atoms with van der Waals surface area (Å²) in [7, 11) is 1.78. The second kappa shape index (κ2) is 6.51. The number of hydrogen-bond acceptors (Lipinski definition) is 5. The van der Waals surface area contributed by atoms with Crippen LogP contribution < -0.4 is 5.32 Å². The van der Waals surface area contributed by atoms with Gasteiger partial charge in [-0.15, -0.1) is 0 Å². The Labute approximate surface area is 133 Å². The highest BCUT2D eigenvalue weighted by Crippen LogP contribution is 2.19. The molecule has 0 bridgehead atoms. The molecule has 1 amide bonds. The minimum Gasteiger partial charge on any atom is -0.508 e. The lowest BCUT2D eigenvalue weighted by atomic mass is 10.2. The third-order valence-electron chi connectivity index (χ3n) is 3.49. The number of amides is 1. The number of nitrogens with one attached hydrogen (secondary N) is 1. The fraction of sp³-hybridized carbons (Fsp3) is 0.312. The van der Waals surface area contributed by atoms with Gasteiger partial charge in [-0.1, -0.05) is 6.07 Å². The van der Waals surface area contributed by atoms with E-state index in [9.17, 15) is 14.7 Å². The molecule has 0 spiro atoms. The van der Waals surface area contributed by atoms with Gasteiger partial charge in [0.15, 0.2) is 6.10 Å². The summed E-state index contributed by atoms with van der Waals surface area (Å²) < 4.78 is 6.78. The number of carbonyl (C=O) groups is 2. The number of rotatable bonds is 4. The van der Waals surface area contributed by atoms with E-state index in [1.165, 1.54) is 31.2 Å². The van der Waals surface area contributed by atoms with Crippen molar-refractivity contribution in [2.75, 3.05) is 5.32 Å². The Morgan fingerprint density at radius 3 is 2.61 bits per heavy atom. The number of aromatic hydroxyl groups is 1. The van der Waals surface area contributed by atoms with Gasteiger partial charge in [0.2, 0.25) is 0 Å². The van der Waals surface area contributed by atoms with E-state index in [0.29, 0.717) is 11.4 Å². The first-order chi connectivity index (χ1) is 10.8. The number of ether oxygens (including phenoxy) is 1. The zero-order valence-corrected chi connectivity index (χ0v) is 13.5. The van der Waals surface area contributed by atoms with Crippen molar-refractivity contribution in [2.24, 2.45) is 7.05 Å². The Balaban J connectivity index is 2.04. The Hall–Kier alpha value is -2.83. The van der Waals surface area contributed by atoms with E-state index < -0.39 is 18.0 Å². The normalized spacial score (nSPS) is 11.8. The Kier molecular flexibility index (Phi) is 4.68. The number of carbonyl (C=O) groups excluding carboxylic acids is 2. The summed E-state index contributed by atoms with van der Waals surface area (Å²) in [4.78, 5) is 24.2. The quantitative estimate of drug-likeness (QED) is 0.840. The summed E-state index contributed by atoms with van der Waals surface area (Å²) in [6.45, 7) is 5.10. The largest absolute Gasteiger partial charge is 0.508 e. The van der Waals surface area contributed by atoms with Gasteiger partial charge in [-0.25, -0.2) is 4.79 Å². The predicted molar refractivity (Wildman–Crippen MR) is 84.3 cm³/mol. The van der Waals surface area contributed by atoms with Crippen molar-refractivity contribution in [3.8, 4) is 5.75 Å². The molecule has 0 saturated carbocycles. The molecule has 2 N–H and O–H groups in total. The molecule has 0 aliphatic carbocycles. The zero-order chi connectivity index (χ0) is 17.1. The average Bonchev–Trinajstić information content (AvgIpc) is 2.73. The fourth-order valence-corrected chi connectivity index (χ4v) is 2.09. The number of phenolic OH excluding ortho intramolecular Hbond substituents is 1. The molecule has 0 radical (unpaired) electrons. The lowest BCUT2D eigenvalue weighted by Gasteiger charge is -2.14. The summed E-state index contributed by atoms with van der Waals surface area (Å²) >= 11 is 0. The van der Waals surface area contributed by atoms with Crippen molar-refractivity contribution >= 4 is 17.6 Å². The lowest BCUT2D eigenvalue weighted by Crippen LogP contribution is -2.30. The van der Waals surface area contributed by atoms with Crippen LogP contribution in [0.3, 0.4) is 0 Å². The van der Waals surface area contributed by atoms with Crippen molar-refractivity contribution in [3.63, 3.8) is 0 Å². The van der Waals surface area contributed by atoms with Crippen molar-refractivity contribution in [3.05, 3.63) is 41.2 Å². The number of aromatic nitrogens is 2. The van der Waals surface area contributed by atoms with Crippen LogP contribution in [0.25, 0.3) is 0 Å². The van der Waals surface area contributed by atoms with Gasteiger partial charge in [-0.05, 0) is 39.0 Å². The third-order valence-corrected chi connectivity index (χ3v) is 3.49. The Morgan fingerprint density at radius 1 is 1.35 bits per heavy atom. The summed E-state index contributed by atoms with van der Waals surface area (Å²) in [6.07, 6.45) is -0.983. The molecule has 2 rings (SSSR count). The van der Waals surface area contributed by atoms with Crippen LogP contribution in [0.1, 0.15) is 28.7 Å². The molecule has 1 unspecified atom stereocenters. The van der Waals surface area contributed by atoms with Crippen LogP contribution in [0.15, 0.2) is 24.3 Å². The van der Waals surface area contributed by atoms with Crippen LogP contribution in [0, 0.1) is 13.8 Å². The standard InChI is InChI=1S/C16H19N3O4/c1-9-14(10(2)19(4)18-9)17-15(21)11(3)23-16(22)12-6-5-7-13(20)8-12/h5-8,11,20H,1-4H3,(H,17,21). The first-order valence-corrected chi connectivity index (χ1v) is 7.10. The van der Waals surface area contributed by atoms with E-state index in [1.54, 1.807) is 18.7 Å². The molecule has 122 valence electrons. The molecule has 0 aliphatic rings. The monoisotopic (exact) mass is 317 g/mol. The number of benzene rings is 1. The third kappa shape index (κ3) is 3.68. The second-order valence-electron chi connectivity index (χ2n) is 5.26. The second-order valence-corrected chi connectivity index (χ2v) is 5.26. The maximum absolute atomic E-state index is 12.2. The SMILES string of the molecule is Cc1nn(C)c(C)c1NC(=O)C(C)OC(=O)c1cccc(O)c1.